The van der Waals surface area contributed by atoms with E-state index in [4.69, 9.17) is 18.4 Å². The first-order valence-electron chi connectivity index (χ1n) is 8.01. The van der Waals surface area contributed by atoms with Crippen LogP contribution in [0.4, 0.5) is 0 Å². The van der Waals surface area contributed by atoms with Crippen molar-refractivity contribution in [3.05, 3.63) is 11.6 Å². The van der Waals surface area contributed by atoms with Gasteiger partial charge in [-0.1, -0.05) is 6.08 Å². The Bertz CT molecular complexity index is 337. The molecule has 130 valence electrons. The molecule has 0 aromatic carbocycles. The van der Waals surface area contributed by atoms with Crippen LogP contribution < -0.4 is 0 Å². The van der Waals surface area contributed by atoms with E-state index >= 15 is 0 Å². The summed E-state index contributed by atoms with van der Waals surface area (Å²) in [6.45, 7) is 13.5. The van der Waals surface area contributed by atoms with Crippen LogP contribution in [0.3, 0.4) is 0 Å². The van der Waals surface area contributed by atoms with Crippen molar-refractivity contribution < 1.29 is 23.2 Å². The molecule has 0 aliphatic carbocycles. The molecule has 0 unspecified atom stereocenters. The first kappa shape index (κ1) is 21.3. The fraction of sp³-hybridized carbons (Fsp3) is 0.812. The van der Waals surface area contributed by atoms with E-state index in [1.165, 1.54) is 0 Å². The van der Waals surface area contributed by atoms with Gasteiger partial charge >= 0.3 is 14.8 Å². The van der Waals surface area contributed by atoms with E-state index in [-0.39, 0.29) is 18.3 Å². The van der Waals surface area contributed by atoms with Crippen LogP contribution in [0.15, 0.2) is 11.6 Å². The Balaban J connectivity index is 4.88. The monoisotopic (exact) mass is 332 g/mol. The summed E-state index contributed by atoms with van der Waals surface area (Å²) in [6.07, 6.45) is 3.28. The molecule has 0 aromatic rings. The molecule has 0 aromatic heterocycles. The number of carboxylic acids is 1. The Morgan fingerprint density at radius 2 is 1.41 bits per heavy atom. The van der Waals surface area contributed by atoms with Crippen LogP contribution in [-0.4, -0.2) is 38.2 Å². The van der Waals surface area contributed by atoms with Crippen LogP contribution in [0.25, 0.3) is 0 Å². The van der Waals surface area contributed by atoms with E-state index in [2.05, 4.69) is 0 Å². The Morgan fingerprint density at radius 3 is 1.73 bits per heavy atom. The standard InChI is InChI=1S/C16H32O5Si/c1-12(2)19-22(20-13(3)4,21-14(5)6)11-9-8-10-15(7)16(17)18/h10,12-14H,8-9,11H2,1-7H3,(H,17,18)/b15-10+. The number of carbonyl (C=O) groups is 1. The molecule has 0 heterocycles. The van der Waals surface area contributed by atoms with Crippen molar-refractivity contribution >= 4 is 14.8 Å². The van der Waals surface area contributed by atoms with E-state index in [9.17, 15) is 4.79 Å². The summed E-state index contributed by atoms with van der Waals surface area (Å²) < 4.78 is 18.2. The summed E-state index contributed by atoms with van der Waals surface area (Å²) in [4.78, 5) is 10.8. The first-order chi connectivity index (χ1) is 10.1. The molecule has 0 radical (unpaired) electrons. The second-order valence-corrected chi connectivity index (χ2v) is 8.84. The van der Waals surface area contributed by atoms with Crippen LogP contribution in [0.2, 0.25) is 6.04 Å². The minimum atomic E-state index is -2.76. The highest BCUT2D eigenvalue weighted by atomic mass is 28.4. The molecule has 22 heavy (non-hydrogen) atoms. The van der Waals surface area contributed by atoms with Crippen LogP contribution >= 0.6 is 0 Å². The molecule has 0 rings (SSSR count). The lowest BCUT2D eigenvalue weighted by Gasteiger charge is -2.34. The maximum absolute atomic E-state index is 10.8. The summed E-state index contributed by atoms with van der Waals surface area (Å²) in [7, 11) is -2.76. The van der Waals surface area contributed by atoms with E-state index in [1.807, 2.05) is 41.5 Å². The van der Waals surface area contributed by atoms with Crippen molar-refractivity contribution in [3.8, 4) is 0 Å². The van der Waals surface area contributed by atoms with Crippen molar-refractivity contribution in [3.63, 3.8) is 0 Å². The lowest BCUT2D eigenvalue weighted by molar-refractivity contribution is -0.132. The minimum Gasteiger partial charge on any atom is -0.478 e. The van der Waals surface area contributed by atoms with Gasteiger partial charge in [-0.05, 0) is 61.3 Å². The molecular weight excluding hydrogens is 300 g/mol. The molecule has 0 bridgehead atoms. The maximum atomic E-state index is 10.8. The van der Waals surface area contributed by atoms with Gasteiger partial charge in [0.2, 0.25) is 0 Å². The number of carboxylic acid groups (broad SMARTS) is 1. The number of hydrogen-bond acceptors (Lipinski definition) is 4. The predicted octanol–water partition coefficient (Wildman–Crippen LogP) is 4.01. The molecule has 0 spiro atoms. The largest absolute Gasteiger partial charge is 0.501 e. The lowest BCUT2D eigenvalue weighted by Crippen LogP contribution is -2.50. The molecule has 0 saturated carbocycles. The fourth-order valence-electron chi connectivity index (χ4n) is 2.06. The van der Waals surface area contributed by atoms with E-state index in [1.54, 1.807) is 13.0 Å². The van der Waals surface area contributed by atoms with Gasteiger partial charge in [0, 0.05) is 29.9 Å². The number of unbranched alkanes of at least 4 members (excludes halogenated alkanes) is 1. The Hall–Kier alpha value is -0.693. The number of rotatable bonds is 11. The molecule has 0 atom stereocenters. The minimum absolute atomic E-state index is 0.0282. The fourth-order valence-corrected chi connectivity index (χ4v) is 5.37. The van der Waals surface area contributed by atoms with Crippen molar-refractivity contribution in [1.29, 1.82) is 0 Å². The average molecular weight is 333 g/mol. The second kappa shape index (κ2) is 10.2. The zero-order valence-electron chi connectivity index (χ0n) is 15.0. The van der Waals surface area contributed by atoms with Crippen molar-refractivity contribution in [2.45, 2.75) is 85.7 Å². The van der Waals surface area contributed by atoms with Gasteiger partial charge in [-0.2, -0.15) is 0 Å². The molecule has 0 fully saturated rings. The normalized spacial score (nSPS) is 13.5. The number of aliphatic carboxylic acids is 1. The number of allylic oxidation sites excluding steroid dienone is 1. The summed E-state index contributed by atoms with van der Waals surface area (Å²) in [6, 6.07) is 0.685. The van der Waals surface area contributed by atoms with Gasteiger partial charge in [0.15, 0.2) is 0 Å². The van der Waals surface area contributed by atoms with E-state index in [0.717, 1.165) is 6.42 Å². The summed E-state index contributed by atoms with van der Waals surface area (Å²) in [5.41, 5.74) is 0.367. The highest BCUT2D eigenvalue weighted by Crippen LogP contribution is 2.24. The second-order valence-electron chi connectivity index (χ2n) is 6.27. The highest BCUT2D eigenvalue weighted by Gasteiger charge is 2.43. The highest BCUT2D eigenvalue weighted by molar-refractivity contribution is 6.60. The molecule has 0 aliphatic heterocycles. The lowest BCUT2D eigenvalue weighted by atomic mass is 10.2. The van der Waals surface area contributed by atoms with Gasteiger partial charge in [0.05, 0.1) is 0 Å². The summed E-state index contributed by atoms with van der Waals surface area (Å²) in [5.74, 6) is -0.876. The molecule has 0 amide bonds. The Morgan fingerprint density at radius 1 is 1.00 bits per heavy atom. The zero-order chi connectivity index (χ0) is 17.3. The van der Waals surface area contributed by atoms with Crippen LogP contribution in [0.5, 0.6) is 0 Å². The van der Waals surface area contributed by atoms with Gasteiger partial charge in [0.25, 0.3) is 0 Å². The molecule has 6 heteroatoms. The summed E-state index contributed by atoms with van der Waals surface area (Å²) in [5, 5.41) is 8.86. The third-order valence-electron chi connectivity index (χ3n) is 2.72. The summed E-state index contributed by atoms with van der Waals surface area (Å²) >= 11 is 0. The molecule has 5 nitrogen and oxygen atoms in total. The van der Waals surface area contributed by atoms with Gasteiger partial charge in [-0.15, -0.1) is 0 Å². The van der Waals surface area contributed by atoms with Gasteiger partial charge in [-0.25, -0.2) is 4.79 Å². The molecule has 1 N–H and O–H groups in total. The van der Waals surface area contributed by atoms with Crippen LogP contribution in [-0.2, 0) is 18.1 Å². The Kier molecular flexibility index (Phi) is 9.83. The van der Waals surface area contributed by atoms with Crippen molar-refractivity contribution in [2.75, 3.05) is 0 Å². The van der Waals surface area contributed by atoms with E-state index in [0.29, 0.717) is 18.0 Å². The van der Waals surface area contributed by atoms with Crippen molar-refractivity contribution in [1.82, 2.24) is 0 Å². The van der Waals surface area contributed by atoms with Crippen LogP contribution in [0, 0.1) is 0 Å². The van der Waals surface area contributed by atoms with Gasteiger partial charge in [-0.3, -0.25) is 0 Å². The molecule has 0 saturated heterocycles. The topological polar surface area (TPSA) is 65.0 Å². The third kappa shape index (κ3) is 9.35. The first-order valence-corrected chi connectivity index (χ1v) is 9.94. The molecular formula is C16H32O5Si. The number of hydrogen-bond donors (Lipinski definition) is 1. The quantitative estimate of drug-likeness (QED) is 0.352. The van der Waals surface area contributed by atoms with Gasteiger partial charge < -0.3 is 18.4 Å². The molecule has 0 aliphatic rings. The van der Waals surface area contributed by atoms with Crippen LogP contribution in [0.1, 0.15) is 61.3 Å². The maximum Gasteiger partial charge on any atom is 0.501 e. The smallest absolute Gasteiger partial charge is 0.478 e. The van der Waals surface area contributed by atoms with Crippen molar-refractivity contribution in [2.24, 2.45) is 0 Å². The third-order valence-corrected chi connectivity index (χ3v) is 6.18. The SMILES string of the molecule is C/C(=C\CCC[Si](OC(C)C)(OC(C)C)OC(C)C)C(=O)O. The average Bonchev–Trinajstić information content (AvgIpc) is 2.31. The Labute approximate surface area is 136 Å². The van der Waals surface area contributed by atoms with E-state index < -0.39 is 14.8 Å². The predicted molar refractivity (Wildman–Crippen MR) is 89.9 cm³/mol. The zero-order valence-corrected chi connectivity index (χ0v) is 16.0. The van der Waals surface area contributed by atoms with Gasteiger partial charge in [0.1, 0.15) is 0 Å².